The lowest BCUT2D eigenvalue weighted by Crippen LogP contribution is -2.49. The van der Waals surface area contributed by atoms with Crippen molar-refractivity contribution in [2.75, 3.05) is 18.4 Å². The SMILES string of the molecule is CC1CCCC(CN)N1CCC(=O)Nc1cccc(F)c1. The number of anilines is 1. The zero-order valence-corrected chi connectivity index (χ0v) is 12.5. The van der Waals surface area contributed by atoms with Crippen molar-refractivity contribution in [2.45, 2.75) is 44.7 Å². The van der Waals surface area contributed by atoms with Crippen molar-refractivity contribution >= 4 is 11.6 Å². The van der Waals surface area contributed by atoms with Gasteiger partial charge in [-0.15, -0.1) is 0 Å². The van der Waals surface area contributed by atoms with Gasteiger partial charge in [0.2, 0.25) is 5.91 Å². The topological polar surface area (TPSA) is 58.4 Å². The van der Waals surface area contributed by atoms with Crippen LogP contribution in [0.25, 0.3) is 0 Å². The zero-order valence-electron chi connectivity index (χ0n) is 12.5. The van der Waals surface area contributed by atoms with Gasteiger partial charge in [0, 0.05) is 37.3 Å². The first-order valence-corrected chi connectivity index (χ1v) is 7.61. The second-order valence-electron chi connectivity index (χ2n) is 5.72. The Hall–Kier alpha value is -1.46. The summed E-state index contributed by atoms with van der Waals surface area (Å²) in [5.74, 6) is -0.435. The monoisotopic (exact) mass is 293 g/mol. The maximum atomic E-state index is 13.1. The number of nitrogens with two attached hydrogens (primary N) is 1. The molecule has 2 unspecified atom stereocenters. The summed E-state index contributed by atoms with van der Waals surface area (Å²) in [4.78, 5) is 14.3. The molecule has 0 radical (unpaired) electrons. The van der Waals surface area contributed by atoms with E-state index in [1.807, 2.05) is 0 Å². The Balaban J connectivity index is 1.85. The standard InChI is InChI=1S/C16H24FN3O/c1-12-4-2-7-15(11-18)20(12)9-8-16(21)19-14-6-3-5-13(17)10-14/h3,5-6,10,12,15H,2,4,7-9,11,18H2,1H3,(H,19,21). The zero-order chi connectivity index (χ0) is 15.2. The van der Waals surface area contributed by atoms with Crippen LogP contribution < -0.4 is 11.1 Å². The lowest BCUT2D eigenvalue weighted by molar-refractivity contribution is -0.116. The second kappa shape index (κ2) is 7.52. The minimum absolute atomic E-state index is 0.0888. The molecule has 2 rings (SSSR count). The highest BCUT2D eigenvalue weighted by molar-refractivity contribution is 5.90. The van der Waals surface area contributed by atoms with E-state index in [0.717, 1.165) is 12.8 Å². The highest BCUT2D eigenvalue weighted by atomic mass is 19.1. The fourth-order valence-corrected chi connectivity index (χ4v) is 3.02. The highest BCUT2D eigenvalue weighted by Crippen LogP contribution is 2.22. The predicted octanol–water partition coefficient (Wildman–Crippen LogP) is 2.36. The van der Waals surface area contributed by atoms with E-state index < -0.39 is 0 Å². The van der Waals surface area contributed by atoms with Gasteiger partial charge in [-0.05, 0) is 38.0 Å². The summed E-state index contributed by atoms with van der Waals surface area (Å²) >= 11 is 0. The van der Waals surface area contributed by atoms with Gasteiger partial charge in [0.05, 0.1) is 0 Å². The molecule has 3 N–H and O–H groups in total. The van der Waals surface area contributed by atoms with Gasteiger partial charge in [-0.25, -0.2) is 4.39 Å². The minimum Gasteiger partial charge on any atom is -0.329 e. The minimum atomic E-state index is -0.347. The van der Waals surface area contributed by atoms with Gasteiger partial charge >= 0.3 is 0 Å². The number of amides is 1. The van der Waals surface area contributed by atoms with Crippen molar-refractivity contribution in [3.63, 3.8) is 0 Å². The van der Waals surface area contributed by atoms with Crippen LogP contribution in [-0.2, 0) is 4.79 Å². The van der Waals surface area contributed by atoms with Gasteiger partial charge < -0.3 is 11.1 Å². The molecule has 1 fully saturated rings. The molecule has 0 saturated carbocycles. The van der Waals surface area contributed by atoms with E-state index in [1.165, 1.54) is 18.6 Å². The molecule has 0 aliphatic carbocycles. The summed E-state index contributed by atoms with van der Waals surface area (Å²) in [7, 11) is 0. The van der Waals surface area contributed by atoms with Crippen molar-refractivity contribution in [3.8, 4) is 0 Å². The normalized spacial score (nSPS) is 23.0. The van der Waals surface area contributed by atoms with Crippen LogP contribution in [0.15, 0.2) is 24.3 Å². The van der Waals surface area contributed by atoms with E-state index >= 15 is 0 Å². The van der Waals surface area contributed by atoms with Crippen molar-refractivity contribution < 1.29 is 9.18 Å². The maximum Gasteiger partial charge on any atom is 0.225 e. The average molecular weight is 293 g/mol. The number of hydrogen-bond acceptors (Lipinski definition) is 3. The molecule has 0 aromatic heterocycles. The van der Waals surface area contributed by atoms with Gasteiger partial charge in [-0.1, -0.05) is 12.5 Å². The summed E-state index contributed by atoms with van der Waals surface area (Å²) in [6, 6.07) is 6.79. The van der Waals surface area contributed by atoms with Gasteiger partial charge in [-0.2, -0.15) is 0 Å². The fraction of sp³-hybridized carbons (Fsp3) is 0.562. The molecule has 1 heterocycles. The number of nitrogens with one attached hydrogen (secondary N) is 1. The number of hydrogen-bond donors (Lipinski definition) is 2. The van der Waals surface area contributed by atoms with Crippen LogP contribution in [0.5, 0.6) is 0 Å². The molecule has 0 bridgehead atoms. The molecular formula is C16H24FN3O. The van der Waals surface area contributed by atoms with Gasteiger partial charge in [0.1, 0.15) is 5.82 Å². The fourth-order valence-electron chi connectivity index (χ4n) is 3.02. The largest absolute Gasteiger partial charge is 0.329 e. The molecule has 5 heteroatoms. The van der Waals surface area contributed by atoms with Crippen molar-refractivity contribution in [1.29, 1.82) is 0 Å². The molecule has 1 aromatic rings. The Kier molecular flexibility index (Phi) is 5.70. The third kappa shape index (κ3) is 4.51. The lowest BCUT2D eigenvalue weighted by atomic mass is 9.96. The molecule has 21 heavy (non-hydrogen) atoms. The van der Waals surface area contributed by atoms with Crippen LogP contribution in [0.4, 0.5) is 10.1 Å². The summed E-state index contributed by atoms with van der Waals surface area (Å²) in [6.45, 7) is 3.52. The van der Waals surface area contributed by atoms with Crippen LogP contribution in [0.3, 0.4) is 0 Å². The Morgan fingerprint density at radius 3 is 3.00 bits per heavy atom. The second-order valence-corrected chi connectivity index (χ2v) is 5.72. The highest BCUT2D eigenvalue weighted by Gasteiger charge is 2.26. The Morgan fingerprint density at radius 1 is 1.48 bits per heavy atom. The van der Waals surface area contributed by atoms with Crippen LogP contribution >= 0.6 is 0 Å². The first-order chi connectivity index (χ1) is 10.1. The van der Waals surface area contributed by atoms with Crippen LogP contribution in [-0.4, -0.2) is 36.0 Å². The Bertz CT molecular complexity index is 480. The van der Waals surface area contributed by atoms with E-state index in [4.69, 9.17) is 5.73 Å². The number of carbonyl (C=O) groups is 1. The summed E-state index contributed by atoms with van der Waals surface area (Å²) < 4.78 is 13.1. The molecule has 0 spiro atoms. The van der Waals surface area contributed by atoms with Crippen molar-refractivity contribution in [2.24, 2.45) is 5.73 Å². The van der Waals surface area contributed by atoms with Crippen LogP contribution in [0.1, 0.15) is 32.6 Å². The number of likely N-dealkylation sites (tertiary alicyclic amines) is 1. The Morgan fingerprint density at radius 2 is 2.29 bits per heavy atom. The quantitative estimate of drug-likeness (QED) is 0.876. The average Bonchev–Trinajstić information content (AvgIpc) is 2.45. The van der Waals surface area contributed by atoms with Gasteiger partial charge in [-0.3, -0.25) is 9.69 Å². The van der Waals surface area contributed by atoms with Crippen molar-refractivity contribution in [3.05, 3.63) is 30.1 Å². The smallest absolute Gasteiger partial charge is 0.225 e. The Labute approximate surface area is 125 Å². The number of carbonyl (C=O) groups excluding carboxylic acids is 1. The van der Waals surface area contributed by atoms with Crippen molar-refractivity contribution in [1.82, 2.24) is 4.90 Å². The predicted molar refractivity (Wildman–Crippen MR) is 82.5 cm³/mol. The maximum absolute atomic E-state index is 13.1. The van der Waals surface area contributed by atoms with Crippen LogP contribution in [0, 0.1) is 5.82 Å². The molecule has 1 aromatic carbocycles. The van der Waals surface area contributed by atoms with Gasteiger partial charge in [0.25, 0.3) is 0 Å². The lowest BCUT2D eigenvalue weighted by Gasteiger charge is -2.40. The molecule has 116 valence electrons. The summed E-state index contributed by atoms with van der Waals surface area (Å²) in [5.41, 5.74) is 6.32. The number of benzene rings is 1. The number of halogens is 1. The van der Waals surface area contributed by atoms with E-state index in [1.54, 1.807) is 12.1 Å². The molecule has 1 aliphatic heterocycles. The summed E-state index contributed by atoms with van der Waals surface area (Å²) in [6.07, 6.45) is 3.86. The van der Waals surface area contributed by atoms with Gasteiger partial charge in [0.15, 0.2) is 0 Å². The summed E-state index contributed by atoms with van der Waals surface area (Å²) in [5, 5.41) is 2.73. The number of nitrogens with zero attached hydrogens (tertiary/aromatic N) is 1. The third-order valence-corrected chi connectivity index (χ3v) is 4.17. The number of piperidine rings is 1. The van der Waals surface area contributed by atoms with E-state index in [9.17, 15) is 9.18 Å². The van der Waals surface area contributed by atoms with E-state index in [-0.39, 0.29) is 11.7 Å². The molecule has 4 nitrogen and oxygen atoms in total. The molecule has 1 aliphatic rings. The first-order valence-electron chi connectivity index (χ1n) is 7.61. The van der Waals surface area contributed by atoms with E-state index in [0.29, 0.717) is 37.3 Å². The van der Waals surface area contributed by atoms with Crippen LogP contribution in [0.2, 0.25) is 0 Å². The molecule has 1 saturated heterocycles. The molecule has 1 amide bonds. The third-order valence-electron chi connectivity index (χ3n) is 4.17. The molecule has 2 atom stereocenters. The molecular weight excluding hydrogens is 269 g/mol. The first kappa shape index (κ1) is 15.9. The number of rotatable bonds is 5. The van der Waals surface area contributed by atoms with E-state index in [2.05, 4.69) is 17.1 Å².